The number of aromatic nitrogens is 1. The van der Waals surface area contributed by atoms with Crippen LogP contribution in [0.1, 0.15) is 36.4 Å². The fourth-order valence-electron chi connectivity index (χ4n) is 2.21. The Labute approximate surface area is 79.2 Å². The zero-order chi connectivity index (χ0) is 9.26. The van der Waals surface area contributed by atoms with Crippen LogP contribution in [-0.4, -0.2) is 11.0 Å². The summed E-state index contributed by atoms with van der Waals surface area (Å²) in [6, 6.07) is 4.43. The maximum Gasteiger partial charge on any atom is 0.0479 e. The van der Waals surface area contributed by atoms with Crippen molar-refractivity contribution in [2.24, 2.45) is 5.73 Å². The zero-order valence-corrected chi connectivity index (χ0v) is 8.03. The first-order valence-electron chi connectivity index (χ1n) is 4.96. The van der Waals surface area contributed by atoms with E-state index in [1.54, 1.807) is 0 Å². The minimum absolute atomic E-state index is 0.327. The SMILES string of the molecule is Cc1cccnc1C1CCCC1N. The highest BCUT2D eigenvalue weighted by Crippen LogP contribution is 2.33. The summed E-state index contributed by atoms with van der Waals surface area (Å²) in [7, 11) is 0. The normalized spacial score (nSPS) is 27.8. The van der Waals surface area contributed by atoms with Crippen LogP contribution < -0.4 is 5.73 Å². The molecule has 2 nitrogen and oxygen atoms in total. The van der Waals surface area contributed by atoms with Crippen LogP contribution in [0.3, 0.4) is 0 Å². The van der Waals surface area contributed by atoms with Crippen LogP contribution in [0.15, 0.2) is 18.3 Å². The van der Waals surface area contributed by atoms with Crippen molar-refractivity contribution in [3.8, 4) is 0 Å². The summed E-state index contributed by atoms with van der Waals surface area (Å²) < 4.78 is 0. The van der Waals surface area contributed by atoms with Crippen molar-refractivity contribution in [1.82, 2.24) is 4.98 Å². The molecule has 70 valence electrons. The third-order valence-corrected chi connectivity index (χ3v) is 2.97. The Bertz CT molecular complexity index is 296. The van der Waals surface area contributed by atoms with E-state index < -0.39 is 0 Å². The second-order valence-corrected chi connectivity index (χ2v) is 3.91. The molecule has 1 aliphatic rings. The monoisotopic (exact) mass is 176 g/mol. The molecule has 1 aromatic heterocycles. The second-order valence-electron chi connectivity index (χ2n) is 3.91. The molecule has 2 unspecified atom stereocenters. The molecule has 1 heterocycles. The summed E-state index contributed by atoms with van der Waals surface area (Å²) in [6.07, 6.45) is 5.48. The summed E-state index contributed by atoms with van der Waals surface area (Å²) in [5.41, 5.74) is 8.54. The molecule has 2 heteroatoms. The predicted molar refractivity (Wildman–Crippen MR) is 53.5 cm³/mol. The molecule has 2 N–H and O–H groups in total. The number of nitrogens with two attached hydrogens (primary N) is 1. The Morgan fingerprint density at radius 2 is 2.31 bits per heavy atom. The van der Waals surface area contributed by atoms with Crippen molar-refractivity contribution >= 4 is 0 Å². The van der Waals surface area contributed by atoms with Crippen molar-refractivity contribution in [3.05, 3.63) is 29.6 Å². The van der Waals surface area contributed by atoms with Crippen LogP contribution in [-0.2, 0) is 0 Å². The largest absolute Gasteiger partial charge is 0.327 e. The molecule has 13 heavy (non-hydrogen) atoms. The van der Waals surface area contributed by atoms with Gasteiger partial charge in [0.2, 0.25) is 0 Å². The van der Waals surface area contributed by atoms with Gasteiger partial charge in [0.05, 0.1) is 0 Å². The Balaban J connectivity index is 2.29. The average molecular weight is 176 g/mol. The van der Waals surface area contributed by atoms with E-state index in [1.165, 1.54) is 24.1 Å². The van der Waals surface area contributed by atoms with Gasteiger partial charge in [-0.1, -0.05) is 12.5 Å². The lowest BCUT2D eigenvalue weighted by molar-refractivity contribution is 0.595. The van der Waals surface area contributed by atoms with Gasteiger partial charge in [0.1, 0.15) is 0 Å². The molecule has 0 saturated heterocycles. The van der Waals surface area contributed by atoms with Crippen LogP contribution >= 0.6 is 0 Å². The molecule has 1 fully saturated rings. The molecule has 0 aliphatic heterocycles. The van der Waals surface area contributed by atoms with Crippen LogP contribution in [0.5, 0.6) is 0 Å². The topological polar surface area (TPSA) is 38.9 Å². The number of hydrogen-bond donors (Lipinski definition) is 1. The van der Waals surface area contributed by atoms with Gasteiger partial charge in [-0.3, -0.25) is 4.98 Å². The number of hydrogen-bond acceptors (Lipinski definition) is 2. The highest BCUT2D eigenvalue weighted by atomic mass is 14.7. The van der Waals surface area contributed by atoms with E-state index in [0.29, 0.717) is 12.0 Å². The predicted octanol–water partition coefficient (Wildman–Crippen LogP) is 1.98. The average Bonchev–Trinajstić information content (AvgIpc) is 2.52. The molecular formula is C11H16N2. The first-order valence-corrected chi connectivity index (χ1v) is 4.96. The van der Waals surface area contributed by atoms with E-state index in [-0.39, 0.29) is 0 Å². The summed E-state index contributed by atoms with van der Waals surface area (Å²) >= 11 is 0. The van der Waals surface area contributed by atoms with E-state index >= 15 is 0 Å². The van der Waals surface area contributed by atoms with Gasteiger partial charge in [-0.05, 0) is 31.4 Å². The van der Waals surface area contributed by atoms with Crippen molar-refractivity contribution in [2.75, 3.05) is 0 Å². The van der Waals surface area contributed by atoms with E-state index in [4.69, 9.17) is 5.73 Å². The van der Waals surface area contributed by atoms with Gasteiger partial charge >= 0.3 is 0 Å². The third-order valence-electron chi connectivity index (χ3n) is 2.97. The quantitative estimate of drug-likeness (QED) is 0.710. The van der Waals surface area contributed by atoms with Gasteiger partial charge in [0.25, 0.3) is 0 Å². The van der Waals surface area contributed by atoms with Crippen molar-refractivity contribution in [1.29, 1.82) is 0 Å². The Kier molecular flexibility index (Phi) is 2.32. The standard InChI is InChI=1S/C11H16N2/c1-8-4-3-7-13-11(8)9-5-2-6-10(9)12/h3-4,7,9-10H,2,5-6,12H2,1H3. The van der Waals surface area contributed by atoms with Gasteiger partial charge in [-0.2, -0.15) is 0 Å². The molecule has 0 spiro atoms. The highest BCUT2D eigenvalue weighted by molar-refractivity contribution is 5.23. The first-order chi connectivity index (χ1) is 6.29. The smallest absolute Gasteiger partial charge is 0.0479 e. The lowest BCUT2D eigenvalue weighted by Gasteiger charge is -2.16. The molecule has 0 radical (unpaired) electrons. The minimum atomic E-state index is 0.327. The number of rotatable bonds is 1. The molecule has 0 aromatic carbocycles. The molecule has 1 aromatic rings. The van der Waals surface area contributed by atoms with E-state index in [0.717, 1.165) is 6.42 Å². The van der Waals surface area contributed by atoms with Gasteiger partial charge in [0.15, 0.2) is 0 Å². The van der Waals surface area contributed by atoms with Crippen molar-refractivity contribution in [3.63, 3.8) is 0 Å². The summed E-state index contributed by atoms with van der Waals surface area (Å²) in [5.74, 6) is 0.501. The van der Waals surface area contributed by atoms with Crippen molar-refractivity contribution in [2.45, 2.75) is 38.1 Å². The van der Waals surface area contributed by atoms with Crippen LogP contribution in [0, 0.1) is 6.92 Å². The van der Waals surface area contributed by atoms with E-state index in [2.05, 4.69) is 18.0 Å². The number of aryl methyl sites for hydroxylation is 1. The lowest BCUT2D eigenvalue weighted by Crippen LogP contribution is -2.23. The number of nitrogens with zero attached hydrogens (tertiary/aromatic N) is 1. The fourth-order valence-corrected chi connectivity index (χ4v) is 2.21. The minimum Gasteiger partial charge on any atom is -0.327 e. The highest BCUT2D eigenvalue weighted by Gasteiger charge is 2.27. The summed E-state index contributed by atoms with van der Waals surface area (Å²) in [4.78, 5) is 4.43. The van der Waals surface area contributed by atoms with Gasteiger partial charge in [-0.15, -0.1) is 0 Å². The summed E-state index contributed by atoms with van der Waals surface area (Å²) in [6.45, 7) is 2.12. The maximum absolute atomic E-state index is 6.04. The third kappa shape index (κ3) is 1.59. The first kappa shape index (κ1) is 8.70. The van der Waals surface area contributed by atoms with Gasteiger partial charge < -0.3 is 5.73 Å². The molecule has 0 bridgehead atoms. The number of pyridine rings is 1. The van der Waals surface area contributed by atoms with Gasteiger partial charge in [0, 0.05) is 23.9 Å². The van der Waals surface area contributed by atoms with Crippen LogP contribution in [0.2, 0.25) is 0 Å². The molecule has 0 amide bonds. The zero-order valence-electron chi connectivity index (χ0n) is 8.03. The molecule has 2 atom stereocenters. The molecular weight excluding hydrogens is 160 g/mol. The van der Waals surface area contributed by atoms with Crippen LogP contribution in [0.25, 0.3) is 0 Å². The Hall–Kier alpha value is -0.890. The fraction of sp³-hybridized carbons (Fsp3) is 0.545. The second kappa shape index (κ2) is 3.46. The molecule has 1 aliphatic carbocycles. The van der Waals surface area contributed by atoms with Crippen LogP contribution in [0.4, 0.5) is 0 Å². The lowest BCUT2D eigenvalue weighted by atomic mass is 9.96. The Morgan fingerprint density at radius 1 is 1.46 bits per heavy atom. The molecule has 2 rings (SSSR count). The van der Waals surface area contributed by atoms with E-state index in [9.17, 15) is 0 Å². The maximum atomic E-state index is 6.04. The van der Waals surface area contributed by atoms with Crippen molar-refractivity contribution < 1.29 is 0 Å². The molecule has 1 saturated carbocycles. The summed E-state index contributed by atoms with van der Waals surface area (Å²) in [5, 5.41) is 0. The van der Waals surface area contributed by atoms with Gasteiger partial charge in [-0.25, -0.2) is 0 Å². The van der Waals surface area contributed by atoms with E-state index in [1.807, 2.05) is 12.3 Å². The Morgan fingerprint density at radius 3 is 2.92 bits per heavy atom.